The van der Waals surface area contributed by atoms with E-state index in [1.54, 1.807) is 4.68 Å². The number of nitrogens with zero attached hydrogens (tertiary/aromatic N) is 2. The van der Waals surface area contributed by atoms with E-state index in [0.29, 0.717) is 13.0 Å². The van der Waals surface area contributed by atoms with Crippen LogP contribution in [0, 0.1) is 6.92 Å². The zero-order valence-corrected chi connectivity index (χ0v) is 10.3. The quantitative estimate of drug-likeness (QED) is 0.758. The Balaban J connectivity index is 2.43. The van der Waals surface area contributed by atoms with Crippen molar-refractivity contribution in [3.05, 3.63) is 17.5 Å². The summed E-state index contributed by atoms with van der Waals surface area (Å²) in [4.78, 5) is 10.9. The molecule has 0 spiro atoms. The van der Waals surface area contributed by atoms with E-state index in [1.165, 1.54) is 7.11 Å². The molecule has 1 unspecified atom stereocenters. The van der Waals surface area contributed by atoms with Crippen LogP contribution < -0.4 is 5.32 Å². The molecule has 0 aliphatic rings. The summed E-state index contributed by atoms with van der Waals surface area (Å²) in [6.07, 6.45) is 2.38. The number of methoxy groups -OCH3 is 1. The maximum absolute atomic E-state index is 10.9. The first-order chi connectivity index (χ1) is 7.54. The number of carbonyl (C=O) groups excluding carboxylic acids is 1. The summed E-state index contributed by atoms with van der Waals surface area (Å²) in [5.74, 6) is -0.192. The molecule has 0 fully saturated rings. The van der Waals surface area contributed by atoms with Gasteiger partial charge in [0, 0.05) is 31.4 Å². The van der Waals surface area contributed by atoms with Gasteiger partial charge in [-0.3, -0.25) is 9.48 Å². The number of hydrogen-bond donors (Lipinski definition) is 1. The molecule has 1 rings (SSSR count). The second-order valence-electron chi connectivity index (χ2n) is 3.85. The van der Waals surface area contributed by atoms with Crippen molar-refractivity contribution < 1.29 is 9.53 Å². The van der Waals surface area contributed by atoms with Crippen molar-refractivity contribution in [2.75, 3.05) is 13.7 Å². The molecule has 0 aromatic carbocycles. The Morgan fingerprint density at radius 2 is 2.38 bits per heavy atom. The number of hydrogen-bond acceptors (Lipinski definition) is 4. The molecule has 0 radical (unpaired) electrons. The van der Waals surface area contributed by atoms with E-state index >= 15 is 0 Å². The highest BCUT2D eigenvalue weighted by Crippen LogP contribution is 2.15. The van der Waals surface area contributed by atoms with Gasteiger partial charge in [-0.25, -0.2) is 0 Å². The van der Waals surface area contributed by atoms with Gasteiger partial charge >= 0.3 is 5.97 Å². The smallest absolute Gasteiger partial charge is 0.306 e. The van der Waals surface area contributed by atoms with Crippen molar-refractivity contribution in [1.82, 2.24) is 15.1 Å². The Hall–Kier alpha value is -1.36. The summed E-state index contributed by atoms with van der Waals surface area (Å²) < 4.78 is 6.36. The molecule has 0 bridgehead atoms. The molecule has 1 aromatic heterocycles. The molecule has 0 aliphatic carbocycles. The zero-order chi connectivity index (χ0) is 12.1. The number of rotatable bonds is 5. The van der Waals surface area contributed by atoms with E-state index in [-0.39, 0.29) is 12.0 Å². The number of esters is 1. The van der Waals surface area contributed by atoms with Crippen LogP contribution in [0.3, 0.4) is 0 Å². The fourth-order valence-electron chi connectivity index (χ4n) is 1.65. The summed E-state index contributed by atoms with van der Waals surface area (Å²) in [6, 6.07) is 0.193. The van der Waals surface area contributed by atoms with Gasteiger partial charge in [0.15, 0.2) is 0 Å². The van der Waals surface area contributed by atoms with Crippen molar-refractivity contribution in [3.8, 4) is 0 Å². The summed E-state index contributed by atoms with van der Waals surface area (Å²) in [6.45, 7) is 4.65. The summed E-state index contributed by atoms with van der Waals surface area (Å²) in [5, 5.41) is 7.54. The second-order valence-corrected chi connectivity index (χ2v) is 3.85. The molecule has 5 heteroatoms. The SMILES string of the molecule is COC(=O)CCNC(C)c1cn(C)nc1C. The number of aromatic nitrogens is 2. The molecule has 1 aromatic rings. The largest absolute Gasteiger partial charge is 0.469 e. The van der Waals surface area contributed by atoms with Crippen LogP contribution in [0.1, 0.15) is 30.6 Å². The van der Waals surface area contributed by atoms with Gasteiger partial charge in [0.2, 0.25) is 0 Å². The standard InChI is InChI=1S/C11H19N3O2/c1-8(12-6-5-11(15)16-4)10-7-14(3)13-9(10)2/h7-8,12H,5-6H2,1-4H3. The zero-order valence-electron chi connectivity index (χ0n) is 10.3. The van der Waals surface area contributed by atoms with Crippen molar-refractivity contribution in [1.29, 1.82) is 0 Å². The van der Waals surface area contributed by atoms with Gasteiger partial charge in [-0.05, 0) is 13.8 Å². The molecule has 0 saturated heterocycles. The maximum atomic E-state index is 10.9. The van der Waals surface area contributed by atoms with Crippen molar-refractivity contribution >= 4 is 5.97 Å². The second kappa shape index (κ2) is 5.65. The molecule has 5 nitrogen and oxygen atoms in total. The monoisotopic (exact) mass is 225 g/mol. The third kappa shape index (κ3) is 3.34. The molecule has 1 heterocycles. The summed E-state index contributed by atoms with van der Waals surface area (Å²) in [5.41, 5.74) is 2.17. The van der Waals surface area contributed by atoms with Crippen LogP contribution in [0.5, 0.6) is 0 Å². The van der Waals surface area contributed by atoms with E-state index in [1.807, 2.05) is 20.2 Å². The molecular formula is C11H19N3O2. The van der Waals surface area contributed by atoms with Crippen LogP contribution in [-0.2, 0) is 16.6 Å². The molecule has 1 N–H and O–H groups in total. The Bertz CT molecular complexity index is 360. The van der Waals surface area contributed by atoms with Crippen molar-refractivity contribution in [2.45, 2.75) is 26.3 Å². The maximum Gasteiger partial charge on any atom is 0.306 e. The lowest BCUT2D eigenvalue weighted by molar-refractivity contribution is -0.140. The fourth-order valence-corrected chi connectivity index (χ4v) is 1.65. The highest BCUT2D eigenvalue weighted by molar-refractivity contribution is 5.69. The third-order valence-electron chi connectivity index (χ3n) is 2.53. The molecule has 0 amide bonds. The van der Waals surface area contributed by atoms with Gasteiger partial charge < -0.3 is 10.1 Å². The Morgan fingerprint density at radius 1 is 1.69 bits per heavy atom. The normalized spacial score (nSPS) is 12.5. The van der Waals surface area contributed by atoms with E-state index in [2.05, 4.69) is 22.1 Å². The van der Waals surface area contributed by atoms with E-state index in [0.717, 1.165) is 11.3 Å². The van der Waals surface area contributed by atoms with Crippen LogP contribution >= 0.6 is 0 Å². The van der Waals surface area contributed by atoms with Gasteiger partial charge in [-0.15, -0.1) is 0 Å². The molecule has 0 aliphatic heterocycles. The topological polar surface area (TPSA) is 56.1 Å². The first kappa shape index (κ1) is 12.7. The van der Waals surface area contributed by atoms with Crippen LogP contribution in [0.4, 0.5) is 0 Å². The molecule has 90 valence electrons. The minimum atomic E-state index is -0.192. The van der Waals surface area contributed by atoms with Gasteiger partial charge in [-0.2, -0.15) is 5.10 Å². The molecule has 0 saturated carbocycles. The Morgan fingerprint density at radius 3 is 2.88 bits per heavy atom. The molecule has 16 heavy (non-hydrogen) atoms. The van der Waals surface area contributed by atoms with Crippen molar-refractivity contribution in [2.24, 2.45) is 7.05 Å². The van der Waals surface area contributed by atoms with Gasteiger partial charge in [0.05, 0.1) is 19.2 Å². The minimum Gasteiger partial charge on any atom is -0.469 e. The highest BCUT2D eigenvalue weighted by Gasteiger charge is 2.11. The van der Waals surface area contributed by atoms with Crippen LogP contribution in [0.2, 0.25) is 0 Å². The average Bonchev–Trinajstić information content (AvgIpc) is 2.57. The average molecular weight is 225 g/mol. The summed E-state index contributed by atoms with van der Waals surface area (Å²) in [7, 11) is 3.30. The van der Waals surface area contributed by atoms with Crippen molar-refractivity contribution in [3.63, 3.8) is 0 Å². The Kier molecular flexibility index (Phi) is 4.49. The van der Waals surface area contributed by atoms with E-state index < -0.39 is 0 Å². The lowest BCUT2D eigenvalue weighted by Gasteiger charge is -2.12. The van der Waals surface area contributed by atoms with Gasteiger partial charge in [-0.1, -0.05) is 0 Å². The fraction of sp³-hybridized carbons (Fsp3) is 0.636. The number of carbonyl (C=O) groups is 1. The predicted molar refractivity (Wildman–Crippen MR) is 61.0 cm³/mol. The lowest BCUT2D eigenvalue weighted by Crippen LogP contribution is -2.22. The third-order valence-corrected chi connectivity index (χ3v) is 2.53. The molecular weight excluding hydrogens is 206 g/mol. The van der Waals surface area contributed by atoms with Gasteiger partial charge in [0.25, 0.3) is 0 Å². The van der Waals surface area contributed by atoms with E-state index in [4.69, 9.17) is 0 Å². The highest BCUT2D eigenvalue weighted by atomic mass is 16.5. The van der Waals surface area contributed by atoms with Gasteiger partial charge in [0.1, 0.15) is 0 Å². The van der Waals surface area contributed by atoms with Crippen LogP contribution in [-0.4, -0.2) is 29.4 Å². The number of nitrogens with one attached hydrogen (secondary N) is 1. The molecule has 1 atom stereocenters. The predicted octanol–water partition coefficient (Wildman–Crippen LogP) is 0.942. The first-order valence-electron chi connectivity index (χ1n) is 5.35. The van der Waals surface area contributed by atoms with Crippen LogP contribution in [0.25, 0.3) is 0 Å². The lowest BCUT2D eigenvalue weighted by atomic mass is 10.1. The minimum absolute atomic E-state index is 0.192. The first-order valence-corrected chi connectivity index (χ1v) is 5.35. The Labute approximate surface area is 95.8 Å². The van der Waals surface area contributed by atoms with Crippen LogP contribution in [0.15, 0.2) is 6.20 Å². The number of aryl methyl sites for hydroxylation is 2. The van der Waals surface area contributed by atoms with E-state index in [9.17, 15) is 4.79 Å². The number of ether oxygens (including phenoxy) is 1. The summed E-state index contributed by atoms with van der Waals surface area (Å²) >= 11 is 0.